The number of nitrogens with zero attached hydrogens (tertiary/aromatic N) is 2. The quantitative estimate of drug-likeness (QED) is 0.623. The molecular weight excluding hydrogens is 380 g/mol. The van der Waals surface area contributed by atoms with E-state index < -0.39 is 0 Å². The van der Waals surface area contributed by atoms with E-state index in [2.05, 4.69) is 52.3 Å². The molecule has 0 radical (unpaired) electrons. The van der Waals surface area contributed by atoms with Crippen LogP contribution in [0.25, 0.3) is 0 Å². The lowest BCUT2D eigenvalue weighted by atomic mass is 9.96. The van der Waals surface area contributed by atoms with Gasteiger partial charge < -0.3 is 4.90 Å². The molecule has 1 saturated carbocycles. The Bertz CT molecular complexity index is 778. The number of hydrogen-bond donors (Lipinski definition) is 0. The predicted molar refractivity (Wildman–Crippen MR) is 119 cm³/mol. The van der Waals surface area contributed by atoms with Gasteiger partial charge in [0.2, 0.25) is 5.91 Å². The first-order chi connectivity index (χ1) is 14.2. The summed E-state index contributed by atoms with van der Waals surface area (Å²) in [7, 11) is 0. The van der Waals surface area contributed by atoms with Crippen molar-refractivity contribution in [3.05, 3.63) is 70.7 Å². The number of benzene rings is 2. The van der Waals surface area contributed by atoms with Crippen molar-refractivity contribution >= 4 is 17.5 Å². The van der Waals surface area contributed by atoms with Gasteiger partial charge in [-0.25, -0.2) is 0 Å². The Balaban J connectivity index is 1.40. The van der Waals surface area contributed by atoms with E-state index in [-0.39, 0.29) is 6.04 Å². The third kappa shape index (κ3) is 5.21. The second-order valence-corrected chi connectivity index (χ2v) is 8.91. The van der Waals surface area contributed by atoms with Crippen molar-refractivity contribution in [1.82, 2.24) is 9.80 Å². The molecule has 0 spiro atoms. The van der Waals surface area contributed by atoms with Crippen molar-refractivity contribution in [2.75, 3.05) is 26.2 Å². The van der Waals surface area contributed by atoms with Crippen LogP contribution in [-0.4, -0.2) is 41.9 Å². The first-order valence-corrected chi connectivity index (χ1v) is 11.4. The average molecular weight is 411 g/mol. The molecule has 2 aromatic carbocycles. The molecule has 1 aliphatic carbocycles. The lowest BCUT2D eigenvalue weighted by Gasteiger charge is -2.40. The zero-order chi connectivity index (χ0) is 20.1. The summed E-state index contributed by atoms with van der Waals surface area (Å²) in [5.41, 5.74) is 2.54. The molecule has 0 N–H and O–H groups in total. The molecule has 1 unspecified atom stereocenters. The molecule has 1 saturated heterocycles. The smallest absolute Gasteiger partial charge is 0.222 e. The standard InChI is InChI=1S/C25H31ClN2O/c26-23-13-11-22(12-14-23)25(21-8-2-1-3-9-21)28-18-16-27(17-19-28)24(29)15-10-20-6-4-5-7-20/h1-3,8-9,11-14,20,25H,4-7,10,15-19H2. The molecule has 0 bridgehead atoms. The number of amides is 1. The molecule has 2 aromatic rings. The highest BCUT2D eigenvalue weighted by Gasteiger charge is 2.28. The van der Waals surface area contributed by atoms with Gasteiger partial charge >= 0.3 is 0 Å². The summed E-state index contributed by atoms with van der Waals surface area (Å²) in [5.74, 6) is 1.13. The molecule has 4 rings (SSSR count). The average Bonchev–Trinajstić information content (AvgIpc) is 3.29. The number of carbonyl (C=O) groups is 1. The zero-order valence-electron chi connectivity index (χ0n) is 17.1. The van der Waals surface area contributed by atoms with Gasteiger partial charge in [-0.05, 0) is 35.6 Å². The summed E-state index contributed by atoms with van der Waals surface area (Å²) in [6.45, 7) is 3.44. The molecule has 2 fully saturated rings. The second-order valence-electron chi connectivity index (χ2n) is 8.47. The molecular formula is C25H31ClN2O. The van der Waals surface area contributed by atoms with Gasteiger partial charge in [-0.15, -0.1) is 0 Å². The molecule has 2 aliphatic rings. The van der Waals surface area contributed by atoms with Gasteiger partial charge in [0, 0.05) is 37.6 Å². The van der Waals surface area contributed by atoms with Crippen molar-refractivity contribution in [3.63, 3.8) is 0 Å². The molecule has 1 atom stereocenters. The number of rotatable bonds is 6. The van der Waals surface area contributed by atoms with Gasteiger partial charge in [0.15, 0.2) is 0 Å². The summed E-state index contributed by atoms with van der Waals surface area (Å²) in [6.07, 6.45) is 7.15. The fourth-order valence-electron chi connectivity index (χ4n) is 4.91. The van der Waals surface area contributed by atoms with Crippen molar-refractivity contribution in [2.45, 2.75) is 44.6 Å². The Morgan fingerprint density at radius 1 is 0.897 bits per heavy atom. The first-order valence-electron chi connectivity index (χ1n) is 11.0. The van der Waals surface area contributed by atoms with E-state index in [1.54, 1.807) is 0 Å². The highest BCUT2D eigenvalue weighted by atomic mass is 35.5. The number of hydrogen-bond acceptors (Lipinski definition) is 2. The van der Waals surface area contributed by atoms with Gasteiger partial charge in [0.25, 0.3) is 0 Å². The van der Waals surface area contributed by atoms with Crippen LogP contribution in [0.4, 0.5) is 0 Å². The molecule has 0 aromatic heterocycles. The maximum absolute atomic E-state index is 12.7. The number of halogens is 1. The number of carbonyl (C=O) groups excluding carboxylic acids is 1. The molecule has 154 valence electrons. The van der Waals surface area contributed by atoms with Crippen LogP contribution in [0.3, 0.4) is 0 Å². The molecule has 1 amide bonds. The van der Waals surface area contributed by atoms with Crippen molar-refractivity contribution < 1.29 is 4.79 Å². The maximum atomic E-state index is 12.7. The highest BCUT2D eigenvalue weighted by Crippen LogP contribution is 2.31. The van der Waals surface area contributed by atoms with Crippen molar-refractivity contribution in [3.8, 4) is 0 Å². The van der Waals surface area contributed by atoms with Gasteiger partial charge in [0.05, 0.1) is 6.04 Å². The van der Waals surface area contributed by atoms with Crippen LogP contribution in [0.1, 0.15) is 55.7 Å². The van der Waals surface area contributed by atoms with E-state index in [0.717, 1.165) is 50.0 Å². The van der Waals surface area contributed by atoms with Gasteiger partial charge in [-0.3, -0.25) is 9.69 Å². The molecule has 3 nitrogen and oxygen atoms in total. The van der Waals surface area contributed by atoms with E-state index in [1.807, 2.05) is 12.1 Å². The predicted octanol–water partition coefficient (Wildman–Crippen LogP) is 5.54. The van der Waals surface area contributed by atoms with Crippen LogP contribution in [0.2, 0.25) is 5.02 Å². The molecule has 1 aliphatic heterocycles. The Kier molecular flexibility index (Phi) is 6.89. The van der Waals surface area contributed by atoms with E-state index in [0.29, 0.717) is 5.91 Å². The third-order valence-corrected chi connectivity index (χ3v) is 6.83. The SMILES string of the molecule is O=C(CCC1CCCC1)N1CCN(C(c2ccccc2)c2ccc(Cl)cc2)CC1. The normalized spacial score (nSPS) is 19.4. The minimum absolute atomic E-state index is 0.198. The van der Waals surface area contributed by atoms with E-state index >= 15 is 0 Å². The van der Waals surface area contributed by atoms with Crippen LogP contribution in [0, 0.1) is 5.92 Å². The molecule has 1 heterocycles. The summed E-state index contributed by atoms with van der Waals surface area (Å²) in [4.78, 5) is 17.3. The van der Waals surface area contributed by atoms with Crippen LogP contribution in [-0.2, 0) is 4.79 Å². The monoisotopic (exact) mass is 410 g/mol. The van der Waals surface area contributed by atoms with E-state index in [4.69, 9.17) is 11.6 Å². The minimum Gasteiger partial charge on any atom is -0.340 e. The van der Waals surface area contributed by atoms with Crippen LogP contribution < -0.4 is 0 Å². The second kappa shape index (κ2) is 9.77. The fraction of sp³-hybridized carbons (Fsp3) is 0.480. The maximum Gasteiger partial charge on any atom is 0.222 e. The van der Waals surface area contributed by atoms with Crippen molar-refractivity contribution in [2.24, 2.45) is 5.92 Å². The highest BCUT2D eigenvalue weighted by molar-refractivity contribution is 6.30. The van der Waals surface area contributed by atoms with Gasteiger partial charge in [-0.1, -0.05) is 79.7 Å². The van der Waals surface area contributed by atoms with E-state index in [1.165, 1.54) is 36.8 Å². The Hall–Kier alpha value is -1.84. The zero-order valence-corrected chi connectivity index (χ0v) is 17.9. The Labute approximate surface area is 179 Å². The summed E-state index contributed by atoms with van der Waals surface area (Å²) >= 11 is 6.12. The summed E-state index contributed by atoms with van der Waals surface area (Å²) in [6, 6.07) is 19.0. The largest absolute Gasteiger partial charge is 0.340 e. The molecule has 4 heteroatoms. The third-order valence-electron chi connectivity index (χ3n) is 6.57. The van der Waals surface area contributed by atoms with Crippen molar-refractivity contribution in [1.29, 1.82) is 0 Å². The van der Waals surface area contributed by atoms with Gasteiger partial charge in [0.1, 0.15) is 0 Å². The first kappa shape index (κ1) is 20.4. The van der Waals surface area contributed by atoms with Crippen LogP contribution in [0.5, 0.6) is 0 Å². The van der Waals surface area contributed by atoms with Crippen LogP contribution >= 0.6 is 11.6 Å². The molecule has 29 heavy (non-hydrogen) atoms. The topological polar surface area (TPSA) is 23.6 Å². The lowest BCUT2D eigenvalue weighted by Crippen LogP contribution is -2.49. The Morgan fingerprint density at radius 3 is 2.17 bits per heavy atom. The van der Waals surface area contributed by atoms with E-state index in [9.17, 15) is 4.79 Å². The number of piperazine rings is 1. The summed E-state index contributed by atoms with van der Waals surface area (Å²) < 4.78 is 0. The van der Waals surface area contributed by atoms with Gasteiger partial charge in [-0.2, -0.15) is 0 Å². The minimum atomic E-state index is 0.198. The lowest BCUT2D eigenvalue weighted by molar-refractivity contribution is -0.133. The summed E-state index contributed by atoms with van der Waals surface area (Å²) in [5, 5.41) is 0.762. The Morgan fingerprint density at radius 2 is 1.52 bits per heavy atom. The van der Waals surface area contributed by atoms with Crippen LogP contribution in [0.15, 0.2) is 54.6 Å². The fourth-order valence-corrected chi connectivity index (χ4v) is 5.03.